The van der Waals surface area contributed by atoms with Crippen LogP contribution in [0.4, 0.5) is 5.69 Å². The van der Waals surface area contributed by atoms with Crippen LogP contribution in [-0.2, 0) is 13.2 Å². The highest BCUT2D eigenvalue weighted by atomic mass is 35.5. The van der Waals surface area contributed by atoms with Gasteiger partial charge >= 0.3 is 0 Å². The zero-order chi connectivity index (χ0) is 23.9. The number of fused-ring (bicyclic) bond motifs is 1. The SMILES string of the molecule is CC(C)CNC(=O)c1cccc(NCc2c(OCc3ccc(Cl)cc3)ccc3ccccc23)c1. The van der Waals surface area contributed by atoms with Crippen molar-refractivity contribution >= 4 is 34.0 Å². The highest BCUT2D eigenvalue weighted by Gasteiger charge is 2.11. The lowest BCUT2D eigenvalue weighted by molar-refractivity contribution is 0.0949. The van der Waals surface area contributed by atoms with Crippen molar-refractivity contribution in [3.05, 3.63) is 107 Å². The second-order valence-electron chi connectivity index (χ2n) is 8.72. The Kier molecular flexibility index (Phi) is 7.71. The van der Waals surface area contributed by atoms with Gasteiger partial charge in [0.25, 0.3) is 5.91 Å². The zero-order valence-corrected chi connectivity index (χ0v) is 20.2. The van der Waals surface area contributed by atoms with Gasteiger partial charge in [-0.2, -0.15) is 0 Å². The molecule has 2 N–H and O–H groups in total. The van der Waals surface area contributed by atoms with Crippen LogP contribution in [0.3, 0.4) is 0 Å². The maximum Gasteiger partial charge on any atom is 0.251 e. The molecule has 0 atom stereocenters. The topological polar surface area (TPSA) is 50.4 Å². The minimum atomic E-state index is -0.0607. The van der Waals surface area contributed by atoms with Crippen molar-refractivity contribution < 1.29 is 9.53 Å². The Morgan fingerprint density at radius 3 is 2.53 bits per heavy atom. The molecule has 5 heteroatoms. The second kappa shape index (κ2) is 11.1. The van der Waals surface area contributed by atoms with Crippen LogP contribution < -0.4 is 15.4 Å². The van der Waals surface area contributed by atoms with E-state index in [1.165, 1.54) is 0 Å². The highest BCUT2D eigenvalue weighted by molar-refractivity contribution is 6.30. The van der Waals surface area contributed by atoms with Gasteiger partial charge in [-0.05, 0) is 58.7 Å². The number of carbonyl (C=O) groups is 1. The third kappa shape index (κ3) is 6.09. The van der Waals surface area contributed by atoms with Crippen molar-refractivity contribution in [1.82, 2.24) is 5.32 Å². The summed E-state index contributed by atoms with van der Waals surface area (Å²) < 4.78 is 6.23. The average molecular weight is 473 g/mol. The third-order valence-electron chi connectivity index (χ3n) is 5.57. The number of amides is 1. The number of hydrogen-bond acceptors (Lipinski definition) is 3. The van der Waals surface area contributed by atoms with Gasteiger partial charge in [0.15, 0.2) is 0 Å². The molecule has 4 aromatic carbocycles. The number of carbonyl (C=O) groups excluding carboxylic acids is 1. The Morgan fingerprint density at radius 1 is 0.941 bits per heavy atom. The summed E-state index contributed by atoms with van der Waals surface area (Å²) in [6.07, 6.45) is 0. The Hall–Kier alpha value is -3.50. The van der Waals surface area contributed by atoms with E-state index >= 15 is 0 Å². The molecule has 0 aliphatic rings. The molecule has 4 rings (SSSR count). The summed E-state index contributed by atoms with van der Waals surface area (Å²) in [6.45, 7) is 5.83. The van der Waals surface area contributed by atoms with Crippen LogP contribution in [0.15, 0.2) is 84.9 Å². The minimum Gasteiger partial charge on any atom is -0.489 e. The molecule has 0 spiro atoms. The molecule has 0 unspecified atom stereocenters. The van der Waals surface area contributed by atoms with Crippen molar-refractivity contribution in [3.63, 3.8) is 0 Å². The molecule has 34 heavy (non-hydrogen) atoms. The first kappa shape index (κ1) is 23.7. The van der Waals surface area contributed by atoms with Crippen LogP contribution in [0.1, 0.15) is 35.3 Å². The van der Waals surface area contributed by atoms with Gasteiger partial charge in [-0.15, -0.1) is 0 Å². The van der Waals surface area contributed by atoms with E-state index in [-0.39, 0.29) is 5.91 Å². The molecule has 0 heterocycles. The Balaban J connectivity index is 1.53. The van der Waals surface area contributed by atoms with Gasteiger partial charge in [0.05, 0.1) is 0 Å². The van der Waals surface area contributed by atoms with Gasteiger partial charge < -0.3 is 15.4 Å². The number of halogens is 1. The molecule has 0 radical (unpaired) electrons. The third-order valence-corrected chi connectivity index (χ3v) is 5.82. The largest absolute Gasteiger partial charge is 0.489 e. The molecule has 0 saturated carbocycles. The molecule has 4 aromatic rings. The summed E-state index contributed by atoms with van der Waals surface area (Å²) in [5.41, 5.74) is 3.65. The van der Waals surface area contributed by atoms with Crippen LogP contribution in [0.5, 0.6) is 5.75 Å². The van der Waals surface area contributed by atoms with Crippen LogP contribution in [0, 0.1) is 5.92 Å². The lowest BCUT2D eigenvalue weighted by Crippen LogP contribution is -2.27. The maximum absolute atomic E-state index is 12.5. The molecular formula is C29H29ClN2O2. The summed E-state index contributed by atoms with van der Waals surface area (Å²) in [6, 6.07) is 27.6. The first-order valence-electron chi connectivity index (χ1n) is 11.5. The molecular weight excluding hydrogens is 444 g/mol. The minimum absolute atomic E-state index is 0.0607. The average Bonchev–Trinajstić information content (AvgIpc) is 2.86. The van der Waals surface area contributed by atoms with Crippen LogP contribution in [0.25, 0.3) is 10.8 Å². The zero-order valence-electron chi connectivity index (χ0n) is 19.5. The molecule has 0 aromatic heterocycles. The highest BCUT2D eigenvalue weighted by Crippen LogP contribution is 2.30. The fourth-order valence-corrected chi connectivity index (χ4v) is 3.86. The van der Waals surface area contributed by atoms with Gasteiger partial charge in [-0.3, -0.25) is 4.79 Å². The number of anilines is 1. The number of benzene rings is 4. The molecule has 4 nitrogen and oxygen atoms in total. The molecule has 174 valence electrons. The van der Waals surface area contributed by atoms with Crippen molar-refractivity contribution in [1.29, 1.82) is 0 Å². The Labute approximate surface area is 205 Å². The Bertz CT molecular complexity index is 1270. The van der Waals surface area contributed by atoms with Crippen molar-refractivity contribution in [2.24, 2.45) is 5.92 Å². The molecule has 0 aliphatic heterocycles. The molecule has 1 amide bonds. The monoisotopic (exact) mass is 472 g/mol. The Morgan fingerprint density at radius 2 is 1.74 bits per heavy atom. The summed E-state index contributed by atoms with van der Waals surface area (Å²) in [5.74, 6) is 1.17. The number of ether oxygens (including phenoxy) is 1. The van der Waals surface area contributed by atoms with E-state index in [0.717, 1.165) is 33.3 Å². The first-order chi connectivity index (χ1) is 16.5. The predicted molar refractivity (Wildman–Crippen MR) is 141 cm³/mol. The maximum atomic E-state index is 12.5. The second-order valence-corrected chi connectivity index (χ2v) is 9.15. The van der Waals surface area contributed by atoms with Crippen molar-refractivity contribution in [2.45, 2.75) is 27.0 Å². The van der Waals surface area contributed by atoms with E-state index in [2.05, 4.69) is 42.7 Å². The predicted octanol–water partition coefficient (Wildman–Crippen LogP) is 7.07. The first-order valence-corrected chi connectivity index (χ1v) is 11.9. The fourth-order valence-electron chi connectivity index (χ4n) is 3.73. The fraction of sp³-hybridized carbons (Fsp3) is 0.207. The van der Waals surface area contributed by atoms with E-state index < -0.39 is 0 Å². The van der Waals surface area contributed by atoms with E-state index in [0.29, 0.717) is 36.2 Å². The molecule has 0 bridgehead atoms. The van der Waals surface area contributed by atoms with E-state index in [1.54, 1.807) is 0 Å². The van der Waals surface area contributed by atoms with Gasteiger partial charge in [-0.25, -0.2) is 0 Å². The van der Waals surface area contributed by atoms with E-state index in [1.807, 2.05) is 66.7 Å². The van der Waals surface area contributed by atoms with Crippen LogP contribution in [0.2, 0.25) is 5.02 Å². The quantitative estimate of drug-likeness (QED) is 0.274. The summed E-state index contributed by atoms with van der Waals surface area (Å²) in [5, 5.41) is 9.45. The lowest BCUT2D eigenvalue weighted by Gasteiger charge is -2.16. The van der Waals surface area contributed by atoms with Crippen LogP contribution in [-0.4, -0.2) is 12.5 Å². The van der Waals surface area contributed by atoms with E-state index in [9.17, 15) is 4.79 Å². The van der Waals surface area contributed by atoms with Gasteiger partial charge in [0.1, 0.15) is 12.4 Å². The molecule has 0 aliphatic carbocycles. The summed E-state index contributed by atoms with van der Waals surface area (Å²) in [7, 11) is 0. The standard InChI is InChI=1S/C29H29ClN2O2/c1-20(2)17-32-29(33)23-7-5-8-25(16-23)31-18-27-26-9-4-3-6-22(26)12-15-28(27)34-19-21-10-13-24(30)14-11-21/h3-16,20,31H,17-19H2,1-2H3,(H,32,33). The number of hydrogen-bond donors (Lipinski definition) is 2. The van der Waals surface area contributed by atoms with Gasteiger partial charge in [0.2, 0.25) is 0 Å². The smallest absolute Gasteiger partial charge is 0.251 e. The molecule has 0 fully saturated rings. The van der Waals surface area contributed by atoms with E-state index in [4.69, 9.17) is 16.3 Å². The molecule has 0 saturated heterocycles. The van der Waals surface area contributed by atoms with Gasteiger partial charge in [0, 0.05) is 34.9 Å². The summed E-state index contributed by atoms with van der Waals surface area (Å²) >= 11 is 6.01. The summed E-state index contributed by atoms with van der Waals surface area (Å²) in [4.78, 5) is 12.5. The lowest BCUT2D eigenvalue weighted by atomic mass is 10.0. The van der Waals surface area contributed by atoms with Crippen molar-refractivity contribution in [2.75, 3.05) is 11.9 Å². The normalized spacial score (nSPS) is 10.9. The number of rotatable bonds is 9. The van der Waals surface area contributed by atoms with Gasteiger partial charge in [-0.1, -0.05) is 74.0 Å². The number of nitrogens with one attached hydrogen (secondary N) is 2. The van der Waals surface area contributed by atoms with Crippen molar-refractivity contribution in [3.8, 4) is 5.75 Å². The van der Waals surface area contributed by atoms with Crippen LogP contribution >= 0.6 is 11.6 Å².